The molecule has 2 rings (SSSR count). The summed E-state index contributed by atoms with van der Waals surface area (Å²) in [6.07, 6.45) is 1.36. The van der Waals surface area contributed by atoms with Crippen LogP contribution in [0, 0.1) is 12.7 Å². The van der Waals surface area contributed by atoms with Crippen LogP contribution in [-0.4, -0.2) is 20.6 Å². The molecule has 0 fully saturated rings. The Bertz CT molecular complexity index is 590. The summed E-state index contributed by atoms with van der Waals surface area (Å²) in [6, 6.07) is 4.42. The van der Waals surface area contributed by atoms with Crippen LogP contribution < -0.4 is 0 Å². The third-order valence-corrected chi connectivity index (χ3v) is 2.94. The molecule has 4 nitrogen and oxygen atoms in total. The molecular formula is C12H10ClFN2O2. The fraction of sp³-hybridized carbons (Fsp3) is 0.167. The number of aryl methyl sites for hydroxylation is 1. The number of nitrogens with zero attached hydrogens (tertiary/aromatic N) is 2. The molecule has 0 aliphatic rings. The summed E-state index contributed by atoms with van der Waals surface area (Å²) in [5.41, 5.74) is 0.247. The maximum Gasteiger partial charge on any atom is 0.356 e. The van der Waals surface area contributed by atoms with Crippen LogP contribution in [0.2, 0.25) is 5.02 Å². The maximum absolute atomic E-state index is 13.6. The second-order valence-corrected chi connectivity index (χ2v) is 4.21. The predicted octanol–water partition coefficient (Wildman–Crippen LogP) is 2.73. The van der Waals surface area contributed by atoms with Gasteiger partial charge in [0, 0.05) is 16.8 Å². The Hall–Kier alpha value is -1.88. The smallest absolute Gasteiger partial charge is 0.356 e. The third-order valence-electron chi connectivity index (χ3n) is 2.59. The summed E-state index contributed by atoms with van der Waals surface area (Å²) in [7, 11) is 0. The Morgan fingerprint density at radius 1 is 1.56 bits per heavy atom. The van der Waals surface area contributed by atoms with Crippen LogP contribution in [0.3, 0.4) is 0 Å². The highest BCUT2D eigenvalue weighted by molar-refractivity contribution is 6.31. The lowest BCUT2D eigenvalue weighted by molar-refractivity contribution is 0.0691. The molecule has 0 amide bonds. The number of hydrogen-bond donors (Lipinski definition) is 1. The summed E-state index contributed by atoms with van der Waals surface area (Å²) in [4.78, 5) is 14.6. The van der Waals surface area contributed by atoms with E-state index in [0.29, 0.717) is 16.4 Å². The number of carbonyl (C=O) groups is 1. The molecule has 0 saturated heterocycles. The number of rotatable bonds is 3. The van der Waals surface area contributed by atoms with Crippen LogP contribution in [-0.2, 0) is 6.54 Å². The molecule has 0 aliphatic heterocycles. The van der Waals surface area contributed by atoms with E-state index in [0.717, 1.165) is 0 Å². The molecule has 0 radical (unpaired) electrons. The summed E-state index contributed by atoms with van der Waals surface area (Å²) >= 11 is 5.91. The molecule has 0 spiro atoms. The van der Waals surface area contributed by atoms with E-state index in [1.54, 1.807) is 17.6 Å². The standard InChI is InChI=1S/C12H10ClFN2O2/c1-7-15-11(12(17)18)6-16(7)5-8-9(13)3-2-4-10(8)14/h2-4,6H,5H2,1H3,(H,17,18). The largest absolute Gasteiger partial charge is 0.476 e. The Labute approximate surface area is 108 Å². The molecule has 0 saturated carbocycles. The minimum absolute atomic E-state index is 0.0695. The summed E-state index contributed by atoms with van der Waals surface area (Å²) in [6.45, 7) is 1.80. The first-order valence-electron chi connectivity index (χ1n) is 5.19. The van der Waals surface area contributed by atoms with Gasteiger partial charge in [0.05, 0.1) is 6.54 Å². The number of imidazole rings is 1. The summed E-state index contributed by atoms with van der Waals surface area (Å²) < 4.78 is 15.1. The molecule has 1 aromatic heterocycles. The molecule has 6 heteroatoms. The fourth-order valence-corrected chi connectivity index (χ4v) is 1.85. The zero-order chi connectivity index (χ0) is 13.3. The molecule has 1 aromatic carbocycles. The van der Waals surface area contributed by atoms with Crippen LogP contribution in [0.1, 0.15) is 21.9 Å². The van der Waals surface area contributed by atoms with E-state index in [9.17, 15) is 9.18 Å². The molecule has 94 valence electrons. The van der Waals surface area contributed by atoms with Crippen LogP contribution >= 0.6 is 11.6 Å². The van der Waals surface area contributed by atoms with Gasteiger partial charge in [0.2, 0.25) is 0 Å². The predicted molar refractivity (Wildman–Crippen MR) is 64.4 cm³/mol. The van der Waals surface area contributed by atoms with Crippen molar-refractivity contribution in [3.8, 4) is 0 Å². The molecule has 0 bridgehead atoms. The molecule has 0 unspecified atom stereocenters. The van der Waals surface area contributed by atoms with Gasteiger partial charge in [0.15, 0.2) is 5.69 Å². The Balaban J connectivity index is 2.37. The van der Waals surface area contributed by atoms with Crippen molar-refractivity contribution < 1.29 is 14.3 Å². The van der Waals surface area contributed by atoms with Gasteiger partial charge in [-0.3, -0.25) is 0 Å². The Morgan fingerprint density at radius 2 is 2.28 bits per heavy atom. The number of halogens is 2. The van der Waals surface area contributed by atoms with E-state index >= 15 is 0 Å². The Morgan fingerprint density at radius 3 is 2.83 bits per heavy atom. The SMILES string of the molecule is Cc1nc(C(=O)O)cn1Cc1c(F)cccc1Cl. The van der Waals surface area contributed by atoms with Crippen molar-refractivity contribution >= 4 is 17.6 Å². The number of aromatic nitrogens is 2. The van der Waals surface area contributed by atoms with Gasteiger partial charge in [-0.2, -0.15) is 0 Å². The quantitative estimate of drug-likeness (QED) is 0.931. The number of benzene rings is 1. The minimum atomic E-state index is -1.11. The van der Waals surface area contributed by atoms with Gasteiger partial charge < -0.3 is 9.67 Å². The van der Waals surface area contributed by atoms with Gasteiger partial charge in [-0.25, -0.2) is 14.2 Å². The van der Waals surface area contributed by atoms with Crippen molar-refractivity contribution in [1.29, 1.82) is 0 Å². The number of carboxylic acid groups (broad SMARTS) is 1. The summed E-state index contributed by atoms with van der Waals surface area (Å²) in [5.74, 6) is -1.05. The summed E-state index contributed by atoms with van der Waals surface area (Å²) in [5, 5.41) is 9.13. The van der Waals surface area contributed by atoms with Crippen molar-refractivity contribution in [3.05, 3.63) is 52.3 Å². The van der Waals surface area contributed by atoms with Gasteiger partial charge in [-0.15, -0.1) is 0 Å². The van der Waals surface area contributed by atoms with Crippen molar-refractivity contribution in [2.75, 3.05) is 0 Å². The van der Waals surface area contributed by atoms with Crippen molar-refractivity contribution in [3.63, 3.8) is 0 Å². The average Bonchev–Trinajstić information content (AvgIpc) is 2.66. The molecule has 0 atom stereocenters. The van der Waals surface area contributed by atoms with E-state index in [-0.39, 0.29) is 12.2 Å². The highest BCUT2D eigenvalue weighted by atomic mass is 35.5. The second kappa shape index (κ2) is 4.78. The topological polar surface area (TPSA) is 55.1 Å². The van der Waals surface area contributed by atoms with E-state index < -0.39 is 11.8 Å². The number of aromatic carboxylic acids is 1. The van der Waals surface area contributed by atoms with E-state index in [4.69, 9.17) is 16.7 Å². The number of hydrogen-bond acceptors (Lipinski definition) is 2. The lowest BCUT2D eigenvalue weighted by atomic mass is 10.2. The zero-order valence-corrected chi connectivity index (χ0v) is 10.3. The second-order valence-electron chi connectivity index (χ2n) is 3.81. The van der Waals surface area contributed by atoms with Crippen LogP contribution in [0.15, 0.2) is 24.4 Å². The van der Waals surface area contributed by atoms with Gasteiger partial charge >= 0.3 is 5.97 Å². The lowest BCUT2D eigenvalue weighted by Gasteiger charge is -2.07. The highest BCUT2D eigenvalue weighted by Crippen LogP contribution is 2.20. The first-order valence-corrected chi connectivity index (χ1v) is 5.57. The van der Waals surface area contributed by atoms with Crippen molar-refractivity contribution in [2.45, 2.75) is 13.5 Å². The van der Waals surface area contributed by atoms with E-state index in [1.165, 1.54) is 18.3 Å². The third kappa shape index (κ3) is 2.36. The fourth-order valence-electron chi connectivity index (χ4n) is 1.63. The molecule has 2 aromatic rings. The van der Waals surface area contributed by atoms with Crippen LogP contribution in [0.4, 0.5) is 4.39 Å². The van der Waals surface area contributed by atoms with Gasteiger partial charge in [0.25, 0.3) is 0 Å². The van der Waals surface area contributed by atoms with E-state index in [2.05, 4.69) is 4.98 Å². The van der Waals surface area contributed by atoms with Crippen molar-refractivity contribution in [1.82, 2.24) is 9.55 Å². The van der Waals surface area contributed by atoms with Crippen LogP contribution in [0.25, 0.3) is 0 Å². The lowest BCUT2D eigenvalue weighted by Crippen LogP contribution is -2.03. The number of carboxylic acids is 1. The van der Waals surface area contributed by atoms with Crippen LogP contribution in [0.5, 0.6) is 0 Å². The monoisotopic (exact) mass is 268 g/mol. The average molecular weight is 269 g/mol. The minimum Gasteiger partial charge on any atom is -0.476 e. The van der Waals surface area contributed by atoms with Gasteiger partial charge in [-0.1, -0.05) is 17.7 Å². The Kier molecular flexibility index (Phi) is 3.34. The highest BCUT2D eigenvalue weighted by Gasteiger charge is 2.13. The van der Waals surface area contributed by atoms with Gasteiger partial charge in [0.1, 0.15) is 11.6 Å². The first kappa shape index (κ1) is 12.6. The molecular weight excluding hydrogens is 259 g/mol. The normalized spacial score (nSPS) is 10.6. The molecule has 1 N–H and O–H groups in total. The molecule has 1 heterocycles. The maximum atomic E-state index is 13.6. The molecule has 0 aliphatic carbocycles. The first-order chi connectivity index (χ1) is 8.49. The van der Waals surface area contributed by atoms with Gasteiger partial charge in [-0.05, 0) is 19.1 Å². The van der Waals surface area contributed by atoms with E-state index in [1.807, 2.05) is 0 Å². The van der Waals surface area contributed by atoms with Crippen molar-refractivity contribution in [2.24, 2.45) is 0 Å². The zero-order valence-electron chi connectivity index (χ0n) is 9.52. The molecule has 18 heavy (non-hydrogen) atoms.